The number of carbonyl (C=O) groups is 1. The normalized spacial score (nSPS) is 20.8. The molecule has 1 heterocycles. The van der Waals surface area contributed by atoms with Crippen molar-refractivity contribution in [3.8, 4) is 0 Å². The Labute approximate surface area is 101 Å². The predicted molar refractivity (Wildman–Crippen MR) is 68.4 cm³/mol. The van der Waals surface area contributed by atoms with Gasteiger partial charge in [0, 0.05) is 6.54 Å². The summed E-state index contributed by atoms with van der Waals surface area (Å²) in [4.78, 5) is 15.6. The van der Waals surface area contributed by atoms with Gasteiger partial charge in [-0.25, -0.2) is 0 Å². The predicted octanol–water partition coefficient (Wildman–Crippen LogP) is 2.03. The molecule has 1 saturated heterocycles. The highest BCUT2D eigenvalue weighted by atomic mass is 32.1. The van der Waals surface area contributed by atoms with Crippen LogP contribution in [0.5, 0.6) is 0 Å². The van der Waals surface area contributed by atoms with E-state index in [1.807, 2.05) is 49.1 Å². The molecule has 0 radical (unpaired) electrons. The van der Waals surface area contributed by atoms with E-state index in [1.165, 1.54) is 0 Å². The number of anilines is 1. The van der Waals surface area contributed by atoms with Crippen LogP contribution in [0.4, 0.5) is 5.69 Å². The molecule has 1 aliphatic heterocycles. The fourth-order valence-corrected chi connectivity index (χ4v) is 2.41. The Bertz CT molecular complexity index is 418. The lowest BCUT2D eigenvalue weighted by Gasteiger charge is -2.19. The maximum absolute atomic E-state index is 12.1. The summed E-state index contributed by atoms with van der Waals surface area (Å²) in [7, 11) is 0. The monoisotopic (exact) mass is 234 g/mol. The number of carbonyl (C=O) groups excluding carboxylic acids is 1. The highest BCUT2D eigenvalue weighted by Gasteiger charge is 2.39. The minimum absolute atomic E-state index is 0.0538. The molecule has 1 fully saturated rings. The van der Waals surface area contributed by atoms with Crippen LogP contribution in [0.3, 0.4) is 0 Å². The second kappa shape index (κ2) is 4.22. The lowest BCUT2D eigenvalue weighted by Crippen LogP contribution is -2.33. The SMILES string of the molecule is CCN1C(=S)N(c2ccccc2)C(=O)C1C. The van der Waals surface area contributed by atoms with Crippen molar-refractivity contribution in [1.82, 2.24) is 4.90 Å². The summed E-state index contributed by atoms with van der Waals surface area (Å²) in [5.74, 6) is 0.0538. The van der Waals surface area contributed by atoms with E-state index in [-0.39, 0.29) is 11.9 Å². The van der Waals surface area contributed by atoms with Crippen molar-refractivity contribution in [2.24, 2.45) is 0 Å². The van der Waals surface area contributed by atoms with Gasteiger partial charge in [-0.2, -0.15) is 0 Å². The topological polar surface area (TPSA) is 23.6 Å². The van der Waals surface area contributed by atoms with Gasteiger partial charge in [-0.1, -0.05) is 18.2 Å². The van der Waals surface area contributed by atoms with Crippen molar-refractivity contribution in [3.05, 3.63) is 30.3 Å². The Kier molecular flexibility index (Phi) is 2.92. The first kappa shape index (κ1) is 11.1. The molecule has 1 amide bonds. The zero-order valence-electron chi connectivity index (χ0n) is 9.38. The van der Waals surface area contributed by atoms with Crippen molar-refractivity contribution >= 4 is 28.9 Å². The molecular weight excluding hydrogens is 220 g/mol. The van der Waals surface area contributed by atoms with E-state index < -0.39 is 0 Å². The standard InChI is InChI=1S/C12H14N2OS/c1-3-13-9(2)11(15)14(12(13)16)10-7-5-4-6-8-10/h4-9H,3H2,1-2H3. The number of nitrogens with zero attached hydrogens (tertiary/aromatic N) is 2. The van der Waals surface area contributed by atoms with E-state index in [0.717, 1.165) is 12.2 Å². The third-order valence-corrected chi connectivity index (χ3v) is 3.25. The molecule has 2 rings (SSSR count). The lowest BCUT2D eigenvalue weighted by molar-refractivity contribution is -0.119. The Morgan fingerprint density at radius 3 is 2.44 bits per heavy atom. The molecular formula is C12H14N2OS. The number of amides is 1. The summed E-state index contributed by atoms with van der Waals surface area (Å²) in [6, 6.07) is 9.38. The molecule has 0 N–H and O–H groups in total. The fourth-order valence-electron chi connectivity index (χ4n) is 1.93. The van der Waals surface area contributed by atoms with Crippen LogP contribution in [0, 0.1) is 0 Å². The maximum atomic E-state index is 12.1. The van der Waals surface area contributed by atoms with Crippen molar-refractivity contribution < 1.29 is 4.79 Å². The van der Waals surface area contributed by atoms with Crippen LogP contribution in [0.2, 0.25) is 0 Å². The van der Waals surface area contributed by atoms with Gasteiger partial charge >= 0.3 is 0 Å². The fraction of sp³-hybridized carbons (Fsp3) is 0.333. The van der Waals surface area contributed by atoms with Crippen molar-refractivity contribution in [3.63, 3.8) is 0 Å². The summed E-state index contributed by atoms with van der Waals surface area (Å²) in [5.41, 5.74) is 0.848. The molecule has 16 heavy (non-hydrogen) atoms. The van der Waals surface area contributed by atoms with Gasteiger partial charge in [-0.05, 0) is 38.2 Å². The van der Waals surface area contributed by atoms with Gasteiger partial charge in [0.25, 0.3) is 5.91 Å². The quantitative estimate of drug-likeness (QED) is 0.732. The Balaban J connectivity index is 2.37. The minimum Gasteiger partial charge on any atom is -0.337 e. The van der Waals surface area contributed by atoms with E-state index in [1.54, 1.807) is 4.90 Å². The zero-order chi connectivity index (χ0) is 11.7. The van der Waals surface area contributed by atoms with Crippen molar-refractivity contribution in [2.75, 3.05) is 11.4 Å². The number of para-hydroxylation sites is 1. The second-order valence-electron chi connectivity index (χ2n) is 3.75. The lowest BCUT2D eigenvalue weighted by atomic mass is 10.2. The first-order chi connectivity index (χ1) is 7.66. The molecule has 84 valence electrons. The van der Waals surface area contributed by atoms with Crippen LogP contribution < -0.4 is 4.90 Å². The van der Waals surface area contributed by atoms with Gasteiger partial charge in [0.15, 0.2) is 5.11 Å². The molecule has 0 aliphatic carbocycles. The molecule has 0 bridgehead atoms. The molecule has 1 aliphatic rings. The number of rotatable bonds is 2. The Morgan fingerprint density at radius 1 is 1.31 bits per heavy atom. The first-order valence-corrected chi connectivity index (χ1v) is 5.77. The Morgan fingerprint density at radius 2 is 1.94 bits per heavy atom. The van der Waals surface area contributed by atoms with Crippen molar-refractivity contribution in [2.45, 2.75) is 19.9 Å². The summed E-state index contributed by atoms with van der Waals surface area (Å²) in [6.45, 7) is 4.65. The summed E-state index contributed by atoms with van der Waals surface area (Å²) in [6.07, 6.45) is 0. The highest BCUT2D eigenvalue weighted by Crippen LogP contribution is 2.24. The van der Waals surface area contributed by atoms with Crippen LogP contribution in [0.25, 0.3) is 0 Å². The number of hydrogen-bond donors (Lipinski definition) is 0. The van der Waals surface area contributed by atoms with Gasteiger partial charge in [-0.15, -0.1) is 0 Å². The van der Waals surface area contributed by atoms with Gasteiger partial charge in [0.1, 0.15) is 6.04 Å². The summed E-state index contributed by atoms with van der Waals surface area (Å²) < 4.78 is 0. The molecule has 4 heteroatoms. The third kappa shape index (κ3) is 1.59. The molecule has 0 aromatic heterocycles. The average molecular weight is 234 g/mol. The van der Waals surface area contributed by atoms with Crippen LogP contribution in [-0.2, 0) is 4.79 Å². The first-order valence-electron chi connectivity index (χ1n) is 5.36. The molecule has 1 unspecified atom stereocenters. The molecule has 1 aromatic rings. The molecule has 0 saturated carbocycles. The number of hydrogen-bond acceptors (Lipinski definition) is 2. The number of likely N-dealkylation sites (N-methyl/N-ethyl adjacent to an activating group) is 1. The van der Waals surface area contributed by atoms with Crippen LogP contribution >= 0.6 is 12.2 Å². The summed E-state index contributed by atoms with van der Waals surface area (Å²) >= 11 is 5.33. The van der Waals surface area contributed by atoms with E-state index >= 15 is 0 Å². The second-order valence-corrected chi connectivity index (χ2v) is 4.12. The van der Waals surface area contributed by atoms with Gasteiger partial charge in [0.05, 0.1) is 5.69 Å². The van der Waals surface area contributed by atoms with Gasteiger partial charge in [-0.3, -0.25) is 9.69 Å². The number of benzene rings is 1. The van der Waals surface area contributed by atoms with Crippen LogP contribution in [0.15, 0.2) is 30.3 Å². The van der Waals surface area contributed by atoms with E-state index in [4.69, 9.17) is 12.2 Å². The minimum atomic E-state index is -0.155. The maximum Gasteiger partial charge on any atom is 0.255 e. The highest BCUT2D eigenvalue weighted by molar-refractivity contribution is 7.80. The van der Waals surface area contributed by atoms with E-state index in [9.17, 15) is 4.79 Å². The van der Waals surface area contributed by atoms with Gasteiger partial charge < -0.3 is 4.90 Å². The van der Waals surface area contributed by atoms with E-state index in [2.05, 4.69) is 0 Å². The molecule has 1 aromatic carbocycles. The van der Waals surface area contributed by atoms with Crippen LogP contribution in [-0.4, -0.2) is 28.5 Å². The smallest absolute Gasteiger partial charge is 0.255 e. The molecule has 3 nitrogen and oxygen atoms in total. The number of thiocarbonyl (C=S) groups is 1. The molecule has 1 atom stereocenters. The average Bonchev–Trinajstić information content (AvgIpc) is 2.51. The largest absolute Gasteiger partial charge is 0.337 e. The van der Waals surface area contributed by atoms with Crippen LogP contribution in [0.1, 0.15) is 13.8 Å². The zero-order valence-corrected chi connectivity index (χ0v) is 10.2. The molecule has 0 spiro atoms. The van der Waals surface area contributed by atoms with E-state index in [0.29, 0.717) is 5.11 Å². The Hall–Kier alpha value is -1.42. The third-order valence-electron chi connectivity index (χ3n) is 2.84. The summed E-state index contributed by atoms with van der Waals surface area (Å²) in [5, 5.41) is 0.603. The van der Waals surface area contributed by atoms with Crippen molar-refractivity contribution in [1.29, 1.82) is 0 Å². The van der Waals surface area contributed by atoms with Gasteiger partial charge in [0.2, 0.25) is 0 Å².